The van der Waals surface area contributed by atoms with Crippen LogP contribution in [-0.4, -0.2) is 12.5 Å². The van der Waals surface area contributed by atoms with Crippen molar-refractivity contribution >= 4 is 55.1 Å². The topological polar surface area (TPSA) is 38.3 Å². The fourth-order valence-electron chi connectivity index (χ4n) is 1.74. The predicted octanol–water partition coefficient (Wildman–Crippen LogP) is 5.52. The van der Waals surface area contributed by atoms with Crippen LogP contribution in [0.5, 0.6) is 5.75 Å². The molecular weight excluding hydrogens is 421 g/mol. The number of carbonyl (C=O) groups is 1. The molecule has 0 bridgehead atoms. The molecule has 0 radical (unpaired) electrons. The molecular formula is C15H12Br2ClNO2. The Bertz CT molecular complexity index is 677. The Kier molecular flexibility index (Phi) is 5.67. The molecule has 0 aliphatic rings. The SMILES string of the molecule is CCOc1ccc(Cl)cc1NC(=O)c1cc(Br)ccc1Br. The van der Waals surface area contributed by atoms with E-state index < -0.39 is 0 Å². The molecule has 21 heavy (non-hydrogen) atoms. The van der Waals surface area contributed by atoms with Crippen LogP contribution in [0.15, 0.2) is 45.3 Å². The number of benzene rings is 2. The summed E-state index contributed by atoms with van der Waals surface area (Å²) < 4.78 is 7.03. The summed E-state index contributed by atoms with van der Waals surface area (Å²) in [5, 5.41) is 3.35. The molecule has 0 atom stereocenters. The summed E-state index contributed by atoms with van der Waals surface area (Å²) in [5.41, 5.74) is 1.06. The minimum absolute atomic E-state index is 0.244. The molecule has 110 valence electrons. The second kappa shape index (κ2) is 7.29. The van der Waals surface area contributed by atoms with Crippen LogP contribution in [-0.2, 0) is 0 Å². The van der Waals surface area contributed by atoms with Crippen molar-refractivity contribution < 1.29 is 9.53 Å². The van der Waals surface area contributed by atoms with E-state index >= 15 is 0 Å². The van der Waals surface area contributed by atoms with Crippen LogP contribution in [0.2, 0.25) is 5.02 Å². The lowest BCUT2D eigenvalue weighted by Crippen LogP contribution is -2.13. The second-order valence-corrected chi connectivity index (χ2v) is 6.36. The van der Waals surface area contributed by atoms with E-state index in [9.17, 15) is 4.79 Å². The first-order chi connectivity index (χ1) is 10.0. The number of halogens is 3. The van der Waals surface area contributed by atoms with Gasteiger partial charge in [0.2, 0.25) is 0 Å². The van der Waals surface area contributed by atoms with E-state index in [1.165, 1.54) is 0 Å². The van der Waals surface area contributed by atoms with E-state index in [4.69, 9.17) is 16.3 Å². The molecule has 0 aromatic heterocycles. The van der Waals surface area contributed by atoms with Crippen molar-refractivity contribution in [1.29, 1.82) is 0 Å². The summed E-state index contributed by atoms with van der Waals surface area (Å²) in [4.78, 5) is 12.4. The molecule has 2 aromatic carbocycles. The van der Waals surface area contributed by atoms with Gasteiger partial charge in [-0.05, 0) is 59.3 Å². The maximum atomic E-state index is 12.4. The molecule has 0 aliphatic carbocycles. The van der Waals surface area contributed by atoms with Crippen molar-refractivity contribution in [1.82, 2.24) is 0 Å². The number of anilines is 1. The van der Waals surface area contributed by atoms with Gasteiger partial charge in [-0.25, -0.2) is 0 Å². The number of nitrogens with one attached hydrogen (secondary N) is 1. The first-order valence-electron chi connectivity index (χ1n) is 6.20. The maximum Gasteiger partial charge on any atom is 0.256 e. The molecule has 0 saturated heterocycles. The molecule has 2 rings (SSSR count). The Morgan fingerprint density at radius 3 is 2.71 bits per heavy atom. The third kappa shape index (κ3) is 4.22. The molecule has 1 amide bonds. The smallest absolute Gasteiger partial charge is 0.256 e. The van der Waals surface area contributed by atoms with Crippen molar-refractivity contribution in [2.24, 2.45) is 0 Å². The Balaban J connectivity index is 2.31. The highest BCUT2D eigenvalue weighted by molar-refractivity contribution is 9.11. The van der Waals surface area contributed by atoms with Crippen LogP contribution in [0.4, 0.5) is 5.69 Å². The average molecular weight is 434 g/mol. The Morgan fingerprint density at radius 1 is 1.24 bits per heavy atom. The molecule has 0 fully saturated rings. The zero-order chi connectivity index (χ0) is 15.4. The van der Waals surface area contributed by atoms with Gasteiger partial charge in [-0.3, -0.25) is 4.79 Å². The lowest BCUT2D eigenvalue weighted by molar-refractivity contribution is 0.102. The molecule has 6 heteroatoms. The van der Waals surface area contributed by atoms with Crippen molar-refractivity contribution in [2.45, 2.75) is 6.92 Å². The van der Waals surface area contributed by atoms with E-state index in [1.807, 2.05) is 13.0 Å². The van der Waals surface area contributed by atoms with E-state index in [1.54, 1.807) is 30.3 Å². The van der Waals surface area contributed by atoms with Gasteiger partial charge in [0.1, 0.15) is 5.75 Å². The number of rotatable bonds is 4. The normalized spacial score (nSPS) is 10.3. The number of ether oxygens (including phenoxy) is 1. The molecule has 0 spiro atoms. The van der Waals surface area contributed by atoms with Crippen LogP contribution in [0, 0.1) is 0 Å². The van der Waals surface area contributed by atoms with Crippen molar-refractivity contribution in [3.8, 4) is 5.75 Å². The standard InChI is InChI=1S/C15H12Br2ClNO2/c1-2-21-14-6-4-10(18)8-13(14)19-15(20)11-7-9(16)3-5-12(11)17/h3-8H,2H2,1H3,(H,19,20). The van der Waals surface area contributed by atoms with Gasteiger partial charge < -0.3 is 10.1 Å². The summed E-state index contributed by atoms with van der Waals surface area (Å²) in [6.07, 6.45) is 0. The lowest BCUT2D eigenvalue weighted by Gasteiger charge is -2.12. The van der Waals surface area contributed by atoms with E-state index in [2.05, 4.69) is 37.2 Å². The molecule has 0 unspecified atom stereocenters. The first kappa shape index (κ1) is 16.3. The average Bonchev–Trinajstić information content (AvgIpc) is 2.44. The highest BCUT2D eigenvalue weighted by atomic mass is 79.9. The van der Waals surface area contributed by atoms with Crippen molar-refractivity contribution in [2.75, 3.05) is 11.9 Å². The van der Waals surface area contributed by atoms with Crippen LogP contribution in [0.3, 0.4) is 0 Å². The van der Waals surface area contributed by atoms with Crippen molar-refractivity contribution in [3.05, 3.63) is 55.9 Å². The predicted molar refractivity (Wildman–Crippen MR) is 92.4 cm³/mol. The Hall–Kier alpha value is -1.04. The van der Waals surface area contributed by atoms with Gasteiger partial charge in [-0.1, -0.05) is 27.5 Å². The third-order valence-corrected chi connectivity index (χ3v) is 4.08. The summed E-state index contributed by atoms with van der Waals surface area (Å²) in [6, 6.07) is 10.5. The van der Waals surface area contributed by atoms with E-state index in [0.717, 1.165) is 4.47 Å². The minimum Gasteiger partial charge on any atom is -0.492 e. The minimum atomic E-state index is -0.244. The van der Waals surface area contributed by atoms with Crippen LogP contribution < -0.4 is 10.1 Å². The number of carbonyl (C=O) groups excluding carboxylic acids is 1. The highest BCUT2D eigenvalue weighted by Gasteiger charge is 2.13. The number of hydrogen-bond donors (Lipinski definition) is 1. The number of amides is 1. The van der Waals surface area contributed by atoms with Gasteiger partial charge >= 0.3 is 0 Å². The van der Waals surface area contributed by atoms with Gasteiger partial charge in [0, 0.05) is 14.0 Å². The largest absolute Gasteiger partial charge is 0.492 e. The molecule has 0 aliphatic heterocycles. The highest BCUT2D eigenvalue weighted by Crippen LogP contribution is 2.29. The summed E-state index contributed by atoms with van der Waals surface area (Å²) >= 11 is 12.7. The van der Waals surface area contributed by atoms with Crippen molar-refractivity contribution in [3.63, 3.8) is 0 Å². The van der Waals surface area contributed by atoms with E-state index in [0.29, 0.717) is 33.1 Å². The first-order valence-corrected chi connectivity index (χ1v) is 8.16. The van der Waals surface area contributed by atoms with Gasteiger partial charge in [-0.2, -0.15) is 0 Å². The number of hydrogen-bond acceptors (Lipinski definition) is 2. The molecule has 2 aromatic rings. The van der Waals surface area contributed by atoms with Gasteiger partial charge in [-0.15, -0.1) is 0 Å². The Morgan fingerprint density at radius 2 is 2.00 bits per heavy atom. The Labute approximate surface area is 144 Å². The van der Waals surface area contributed by atoms with Gasteiger partial charge in [0.05, 0.1) is 17.9 Å². The zero-order valence-electron chi connectivity index (χ0n) is 11.1. The quantitative estimate of drug-likeness (QED) is 0.690. The van der Waals surface area contributed by atoms with Crippen LogP contribution in [0.25, 0.3) is 0 Å². The summed E-state index contributed by atoms with van der Waals surface area (Å²) in [6.45, 7) is 2.39. The fourth-order valence-corrected chi connectivity index (χ4v) is 2.70. The third-order valence-electron chi connectivity index (χ3n) is 2.66. The molecule has 1 N–H and O–H groups in total. The zero-order valence-corrected chi connectivity index (χ0v) is 15.0. The monoisotopic (exact) mass is 431 g/mol. The molecule has 3 nitrogen and oxygen atoms in total. The summed E-state index contributed by atoms with van der Waals surface area (Å²) in [5.74, 6) is 0.341. The lowest BCUT2D eigenvalue weighted by atomic mass is 10.2. The van der Waals surface area contributed by atoms with Gasteiger partial charge in [0.15, 0.2) is 0 Å². The summed E-state index contributed by atoms with van der Waals surface area (Å²) in [7, 11) is 0. The van der Waals surface area contributed by atoms with Crippen LogP contribution in [0.1, 0.15) is 17.3 Å². The molecule has 0 heterocycles. The molecule has 0 saturated carbocycles. The van der Waals surface area contributed by atoms with Gasteiger partial charge in [0.25, 0.3) is 5.91 Å². The van der Waals surface area contributed by atoms with E-state index in [-0.39, 0.29) is 5.91 Å². The van der Waals surface area contributed by atoms with Crippen LogP contribution >= 0.6 is 43.5 Å². The second-order valence-electron chi connectivity index (χ2n) is 4.15. The maximum absolute atomic E-state index is 12.4. The fraction of sp³-hybridized carbons (Fsp3) is 0.133.